The predicted octanol–water partition coefficient (Wildman–Crippen LogP) is 0.793. The van der Waals surface area contributed by atoms with Crippen LogP contribution in [-0.4, -0.2) is 52.9 Å². The van der Waals surface area contributed by atoms with Crippen LogP contribution in [0.2, 0.25) is 0 Å². The molecule has 1 aromatic rings. The van der Waals surface area contributed by atoms with Crippen LogP contribution in [0.5, 0.6) is 0 Å². The zero-order valence-corrected chi connectivity index (χ0v) is 15.7. The van der Waals surface area contributed by atoms with Gasteiger partial charge in [0.2, 0.25) is 0 Å². The lowest BCUT2D eigenvalue weighted by molar-refractivity contribution is 0.142. The van der Waals surface area contributed by atoms with Gasteiger partial charge >= 0.3 is 0 Å². The third-order valence-corrected chi connectivity index (χ3v) is 5.36. The molecule has 8 nitrogen and oxygen atoms in total. The number of hydrazone groups is 1. The van der Waals surface area contributed by atoms with Gasteiger partial charge in [0.15, 0.2) is 0 Å². The average Bonchev–Trinajstić information content (AvgIpc) is 3.06. The molecule has 1 unspecified atom stereocenters. The van der Waals surface area contributed by atoms with Crippen LogP contribution in [0, 0.1) is 5.92 Å². The number of rotatable bonds is 5. The van der Waals surface area contributed by atoms with Crippen molar-refractivity contribution in [2.75, 3.05) is 25.5 Å². The Bertz CT molecular complexity index is 736. The summed E-state index contributed by atoms with van der Waals surface area (Å²) in [6, 6.07) is 0.0373. The van der Waals surface area contributed by atoms with Crippen LogP contribution in [0.3, 0.4) is 0 Å². The molecule has 6 N–H and O–H groups in total. The summed E-state index contributed by atoms with van der Waals surface area (Å²) in [7, 11) is 1.76. The van der Waals surface area contributed by atoms with Crippen LogP contribution in [0.4, 0.5) is 5.82 Å². The molecular weight excluding hydrogens is 330 g/mol. The number of anilines is 1. The number of fused-ring (bicyclic) bond motifs is 1. The molecule has 0 radical (unpaired) electrons. The fraction of sp³-hybridized carbons (Fsp3) is 0.556. The van der Waals surface area contributed by atoms with Gasteiger partial charge in [-0.2, -0.15) is 10.2 Å². The number of nitrogens with two attached hydrogens (primary N) is 1. The summed E-state index contributed by atoms with van der Waals surface area (Å²) in [6.07, 6.45) is 9.68. The minimum absolute atomic E-state index is 0.0373. The first-order valence-electron chi connectivity index (χ1n) is 9.09. The Hall–Kier alpha value is -2.32. The fourth-order valence-electron chi connectivity index (χ4n) is 4.03. The molecule has 1 saturated heterocycles. The van der Waals surface area contributed by atoms with Crippen molar-refractivity contribution in [2.24, 2.45) is 16.8 Å². The van der Waals surface area contributed by atoms with E-state index in [0.29, 0.717) is 5.82 Å². The number of piperidine rings is 1. The standard InChI is InChI=1S/C18H29N7O/c1-4-12(9-22-20-3)13-10-23-25-16(19)8-18(2,24-17(13)25)14-6-5-7-21-15(14)11-26/h4,8-10,14-15,20-21,24,26H,5-7,11,19H2,1-3H3/b12-4+,22-9-/t14-,15-,18?/m0/s1. The molecular formula is C18H29N7O. The second-order valence-electron chi connectivity index (χ2n) is 7.01. The Morgan fingerprint density at radius 3 is 3.12 bits per heavy atom. The minimum Gasteiger partial charge on any atom is -0.395 e. The van der Waals surface area contributed by atoms with E-state index in [1.54, 1.807) is 24.1 Å². The van der Waals surface area contributed by atoms with Crippen molar-refractivity contribution in [3.05, 3.63) is 23.9 Å². The summed E-state index contributed by atoms with van der Waals surface area (Å²) in [5, 5.41) is 25.4. The van der Waals surface area contributed by atoms with Gasteiger partial charge in [-0.05, 0) is 39.3 Å². The van der Waals surface area contributed by atoms with Crippen molar-refractivity contribution < 1.29 is 5.11 Å². The van der Waals surface area contributed by atoms with Gasteiger partial charge < -0.3 is 26.9 Å². The molecule has 142 valence electrons. The number of aliphatic hydroxyl groups excluding tert-OH is 1. The zero-order valence-electron chi connectivity index (χ0n) is 15.7. The lowest BCUT2D eigenvalue weighted by Gasteiger charge is -2.45. The van der Waals surface area contributed by atoms with Crippen LogP contribution in [0.25, 0.3) is 11.4 Å². The molecule has 0 saturated carbocycles. The van der Waals surface area contributed by atoms with E-state index in [1.165, 1.54) is 0 Å². The molecule has 0 amide bonds. The first-order valence-corrected chi connectivity index (χ1v) is 9.09. The van der Waals surface area contributed by atoms with Crippen molar-refractivity contribution in [1.82, 2.24) is 20.5 Å². The largest absolute Gasteiger partial charge is 0.395 e. The van der Waals surface area contributed by atoms with Gasteiger partial charge in [0.05, 0.1) is 24.6 Å². The number of aromatic nitrogens is 2. The first kappa shape index (κ1) is 18.5. The van der Waals surface area contributed by atoms with Gasteiger partial charge in [-0.15, -0.1) is 0 Å². The van der Waals surface area contributed by atoms with Crippen LogP contribution in [0.1, 0.15) is 32.3 Å². The highest BCUT2D eigenvalue weighted by atomic mass is 16.3. The highest BCUT2D eigenvalue weighted by Crippen LogP contribution is 2.38. The molecule has 2 aliphatic rings. The summed E-state index contributed by atoms with van der Waals surface area (Å²) < 4.78 is 1.72. The molecule has 3 rings (SSSR count). The maximum atomic E-state index is 9.81. The van der Waals surface area contributed by atoms with E-state index in [0.717, 1.165) is 36.3 Å². The molecule has 0 spiro atoms. The summed E-state index contributed by atoms with van der Waals surface area (Å²) >= 11 is 0. The van der Waals surface area contributed by atoms with Crippen LogP contribution in [-0.2, 0) is 0 Å². The van der Waals surface area contributed by atoms with Gasteiger partial charge in [0, 0.05) is 30.1 Å². The minimum atomic E-state index is -0.380. The molecule has 1 fully saturated rings. The predicted molar refractivity (Wildman–Crippen MR) is 106 cm³/mol. The van der Waals surface area contributed by atoms with Crippen LogP contribution in [0.15, 0.2) is 23.5 Å². The molecule has 8 heteroatoms. The SMILES string of the molecule is C/C=C(\C=N/NC)c1cnn2c1NC(C)([C@H]1CCCN[C@H]1CO)C=C2N. The van der Waals surface area contributed by atoms with Crippen molar-refractivity contribution in [2.45, 2.75) is 38.3 Å². The Morgan fingerprint density at radius 2 is 2.42 bits per heavy atom. The lowest BCUT2D eigenvalue weighted by Crippen LogP contribution is -2.56. The van der Waals surface area contributed by atoms with Crippen LogP contribution < -0.4 is 21.8 Å². The second-order valence-corrected chi connectivity index (χ2v) is 7.01. The van der Waals surface area contributed by atoms with Crippen LogP contribution >= 0.6 is 0 Å². The maximum Gasteiger partial charge on any atom is 0.140 e. The van der Waals surface area contributed by atoms with Crippen molar-refractivity contribution in [1.29, 1.82) is 0 Å². The van der Waals surface area contributed by atoms with Crippen molar-refractivity contribution in [3.8, 4) is 0 Å². The number of hydrogen-bond acceptors (Lipinski definition) is 7. The molecule has 0 aliphatic carbocycles. The van der Waals surface area contributed by atoms with Gasteiger partial charge in [-0.3, -0.25) is 0 Å². The molecule has 0 aromatic carbocycles. The summed E-state index contributed by atoms with van der Waals surface area (Å²) in [6.45, 7) is 5.15. The van der Waals surface area contributed by atoms with Gasteiger partial charge in [-0.25, -0.2) is 4.68 Å². The number of aliphatic hydroxyl groups is 1. The van der Waals surface area contributed by atoms with E-state index in [1.807, 2.05) is 19.1 Å². The van der Waals surface area contributed by atoms with Gasteiger partial charge in [0.1, 0.15) is 11.6 Å². The summed E-state index contributed by atoms with van der Waals surface area (Å²) in [5.74, 6) is 1.66. The highest BCUT2D eigenvalue weighted by Gasteiger charge is 2.42. The number of nitrogens with zero attached hydrogens (tertiary/aromatic N) is 3. The summed E-state index contributed by atoms with van der Waals surface area (Å²) in [5.41, 5.74) is 10.6. The van der Waals surface area contributed by atoms with E-state index in [-0.39, 0.29) is 24.1 Å². The van der Waals surface area contributed by atoms with Gasteiger partial charge in [-0.1, -0.05) is 6.08 Å². The van der Waals surface area contributed by atoms with Crippen molar-refractivity contribution >= 4 is 23.4 Å². The third-order valence-electron chi connectivity index (χ3n) is 5.36. The normalized spacial score (nSPS) is 29.2. The molecule has 2 aliphatic heterocycles. The number of nitrogens with one attached hydrogen (secondary N) is 3. The number of allylic oxidation sites excluding steroid dienone is 2. The van der Waals surface area contributed by atoms with E-state index in [9.17, 15) is 5.11 Å². The average molecular weight is 359 g/mol. The molecule has 0 bridgehead atoms. The molecule has 26 heavy (non-hydrogen) atoms. The highest BCUT2D eigenvalue weighted by molar-refractivity contribution is 6.11. The Labute approximate surface area is 154 Å². The first-order chi connectivity index (χ1) is 12.5. The fourth-order valence-corrected chi connectivity index (χ4v) is 4.03. The summed E-state index contributed by atoms with van der Waals surface area (Å²) in [4.78, 5) is 0. The van der Waals surface area contributed by atoms with E-state index >= 15 is 0 Å². The third kappa shape index (κ3) is 3.22. The monoisotopic (exact) mass is 359 g/mol. The Morgan fingerprint density at radius 1 is 1.62 bits per heavy atom. The van der Waals surface area contributed by atoms with Gasteiger partial charge in [0.25, 0.3) is 0 Å². The smallest absolute Gasteiger partial charge is 0.140 e. The van der Waals surface area contributed by atoms with E-state index < -0.39 is 0 Å². The lowest BCUT2D eigenvalue weighted by atomic mass is 9.75. The zero-order chi connectivity index (χ0) is 18.7. The Kier molecular flexibility index (Phi) is 5.33. The Balaban J connectivity index is 1.99. The molecule has 3 atom stereocenters. The van der Waals surface area contributed by atoms with E-state index in [2.05, 4.69) is 33.2 Å². The number of hydrogen-bond donors (Lipinski definition) is 5. The topological polar surface area (TPSA) is 113 Å². The van der Waals surface area contributed by atoms with E-state index in [4.69, 9.17) is 5.73 Å². The van der Waals surface area contributed by atoms with Crippen molar-refractivity contribution in [3.63, 3.8) is 0 Å². The second kappa shape index (κ2) is 7.51. The molecule has 3 heterocycles. The maximum absolute atomic E-state index is 9.81. The molecule has 1 aromatic heterocycles. The quantitative estimate of drug-likeness (QED) is 0.393.